The third-order valence-corrected chi connectivity index (χ3v) is 4.55. The molecule has 0 amide bonds. The van der Waals surface area contributed by atoms with Gasteiger partial charge in [0.1, 0.15) is 0 Å². The molecule has 0 heterocycles. The monoisotopic (exact) mass is 284 g/mol. The van der Waals surface area contributed by atoms with Crippen LogP contribution in [0.15, 0.2) is 23.1 Å². The Balaban J connectivity index is 2.75. The molecule has 1 aromatic rings. The summed E-state index contributed by atoms with van der Waals surface area (Å²) >= 11 is 0. The molecule has 5 heteroatoms. The van der Waals surface area contributed by atoms with Crippen LogP contribution in [-0.2, 0) is 10.0 Å². The van der Waals surface area contributed by atoms with Crippen molar-refractivity contribution in [2.24, 2.45) is 0 Å². The fraction of sp³-hybridized carbons (Fsp3) is 0.571. The van der Waals surface area contributed by atoms with Crippen LogP contribution in [0, 0.1) is 6.92 Å². The van der Waals surface area contributed by atoms with Crippen molar-refractivity contribution in [2.45, 2.75) is 57.4 Å². The van der Waals surface area contributed by atoms with Crippen molar-refractivity contribution in [3.05, 3.63) is 23.8 Å². The van der Waals surface area contributed by atoms with Crippen molar-refractivity contribution in [1.82, 2.24) is 4.72 Å². The Labute approximate surface area is 116 Å². The summed E-state index contributed by atoms with van der Waals surface area (Å²) in [6.07, 6.45) is 4.15. The second kappa shape index (κ2) is 6.91. The minimum absolute atomic E-state index is 0.0571. The summed E-state index contributed by atoms with van der Waals surface area (Å²) in [7, 11) is -3.47. The van der Waals surface area contributed by atoms with Gasteiger partial charge in [0.05, 0.1) is 4.90 Å². The molecule has 0 radical (unpaired) electrons. The summed E-state index contributed by atoms with van der Waals surface area (Å²) in [4.78, 5) is 0.243. The van der Waals surface area contributed by atoms with Gasteiger partial charge in [0.2, 0.25) is 10.0 Å². The second-order valence-corrected chi connectivity index (χ2v) is 6.81. The van der Waals surface area contributed by atoms with Crippen LogP contribution in [0.4, 0.5) is 5.69 Å². The van der Waals surface area contributed by atoms with E-state index in [1.807, 2.05) is 13.8 Å². The van der Waals surface area contributed by atoms with Crippen LogP contribution in [-0.4, -0.2) is 14.5 Å². The van der Waals surface area contributed by atoms with Crippen LogP contribution in [0.25, 0.3) is 0 Å². The van der Waals surface area contributed by atoms with Gasteiger partial charge in [-0.05, 0) is 44.0 Å². The topological polar surface area (TPSA) is 72.2 Å². The highest BCUT2D eigenvalue weighted by Gasteiger charge is 2.17. The molecule has 0 spiro atoms. The van der Waals surface area contributed by atoms with Crippen molar-refractivity contribution >= 4 is 15.7 Å². The second-order valence-electron chi connectivity index (χ2n) is 5.10. The lowest BCUT2D eigenvalue weighted by Crippen LogP contribution is -2.32. The molecule has 0 aliphatic carbocycles. The number of aryl methyl sites for hydroxylation is 1. The molecule has 0 saturated heterocycles. The summed E-state index contributed by atoms with van der Waals surface area (Å²) in [6, 6.07) is 4.83. The van der Waals surface area contributed by atoms with Crippen LogP contribution in [0.1, 0.15) is 45.1 Å². The minimum atomic E-state index is -3.47. The van der Waals surface area contributed by atoms with E-state index < -0.39 is 10.0 Å². The largest absolute Gasteiger partial charge is 0.399 e. The predicted molar refractivity (Wildman–Crippen MR) is 79.5 cm³/mol. The van der Waals surface area contributed by atoms with E-state index in [1.165, 1.54) is 6.07 Å². The maximum Gasteiger partial charge on any atom is 0.240 e. The van der Waals surface area contributed by atoms with Gasteiger partial charge < -0.3 is 5.73 Å². The maximum atomic E-state index is 12.2. The van der Waals surface area contributed by atoms with Crippen molar-refractivity contribution < 1.29 is 8.42 Å². The number of nitrogens with one attached hydrogen (secondary N) is 1. The fourth-order valence-corrected chi connectivity index (χ4v) is 3.44. The van der Waals surface area contributed by atoms with Gasteiger partial charge in [0.15, 0.2) is 0 Å². The fourth-order valence-electron chi connectivity index (χ4n) is 2.02. The molecular weight excluding hydrogens is 260 g/mol. The van der Waals surface area contributed by atoms with Crippen molar-refractivity contribution in [1.29, 1.82) is 0 Å². The molecule has 0 saturated carbocycles. The first-order valence-electron chi connectivity index (χ1n) is 6.74. The van der Waals surface area contributed by atoms with Gasteiger partial charge in [-0.1, -0.05) is 26.2 Å². The van der Waals surface area contributed by atoms with Gasteiger partial charge in [-0.15, -0.1) is 0 Å². The predicted octanol–water partition coefficient (Wildman–Crippen LogP) is 2.82. The van der Waals surface area contributed by atoms with Crippen LogP contribution in [0.5, 0.6) is 0 Å². The number of hydrogen-bond acceptors (Lipinski definition) is 3. The first kappa shape index (κ1) is 16.0. The van der Waals surface area contributed by atoms with Crippen molar-refractivity contribution in [2.75, 3.05) is 5.73 Å². The summed E-state index contributed by atoms with van der Waals surface area (Å²) in [5.41, 5.74) is 7.01. The van der Waals surface area contributed by atoms with E-state index in [9.17, 15) is 8.42 Å². The smallest absolute Gasteiger partial charge is 0.240 e. The van der Waals surface area contributed by atoms with Gasteiger partial charge in [-0.25, -0.2) is 13.1 Å². The molecule has 0 aliphatic heterocycles. The Hall–Kier alpha value is -1.07. The number of benzene rings is 1. The average molecular weight is 284 g/mol. The highest BCUT2D eigenvalue weighted by molar-refractivity contribution is 7.89. The molecule has 3 N–H and O–H groups in total. The summed E-state index contributed by atoms with van der Waals surface area (Å²) in [5.74, 6) is 0. The maximum absolute atomic E-state index is 12.2. The van der Waals surface area contributed by atoms with Crippen LogP contribution < -0.4 is 10.5 Å². The zero-order valence-corrected chi connectivity index (χ0v) is 12.8. The first-order valence-corrected chi connectivity index (χ1v) is 8.23. The van der Waals surface area contributed by atoms with E-state index >= 15 is 0 Å². The Kier molecular flexibility index (Phi) is 5.82. The molecule has 108 valence electrons. The molecule has 19 heavy (non-hydrogen) atoms. The number of nitrogens with two attached hydrogens (primary N) is 1. The van der Waals surface area contributed by atoms with E-state index in [4.69, 9.17) is 5.73 Å². The van der Waals surface area contributed by atoms with Gasteiger partial charge in [0, 0.05) is 11.7 Å². The minimum Gasteiger partial charge on any atom is -0.399 e. The van der Waals surface area contributed by atoms with Gasteiger partial charge in [0.25, 0.3) is 0 Å². The zero-order chi connectivity index (χ0) is 14.5. The highest BCUT2D eigenvalue weighted by atomic mass is 32.2. The summed E-state index contributed by atoms with van der Waals surface area (Å²) < 4.78 is 27.1. The number of sulfonamides is 1. The quantitative estimate of drug-likeness (QED) is 0.597. The molecule has 0 aromatic heterocycles. The Morgan fingerprint density at radius 3 is 2.53 bits per heavy atom. The van der Waals surface area contributed by atoms with E-state index in [2.05, 4.69) is 11.6 Å². The van der Waals surface area contributed by atoms with Crippen molar-refractivity contribution in [3.8, 4) is 0 Å². The lowest BCUT2D eigenvalue weighted by molar-refractivity contribution is 0.527. The molecule has 4 nitrogen and oxygen atoms in total. The van der Waals surface area contributed by atoms with Gasteiger partial charge in [-0.3, -0.25) is 0 Å². The lowest BCUT2D eigenvalue weighted by Gasteiger charge is -2.14. The first-order chi connectivity index (χ1) is 8.85. The zero-order valence-electron chi connectivity index (χ0n) is 11.9. The molecular formula is C14H24N2O2S. The van der Waals surface area contributed by atoms with Gasteiger partial charge >= 0.3 is 0 Å². The molecule has 0 aliphatic rings. The Morgan fingerprint density at radius 2 is 1.95 bits per heavy atom. The standard InChI is InChI=1S/C14H24N2O2S/c1-4-5-6-7-12(3)16-19(17,18)14-9-11(2)8-13(15)10-14/h8-10,12,16H,4-7,15H2,1-3H3. The van der Waals surface area contributed by atoms with E-state index in [0.717, 1.165) is 31.2 Å². The van der Waals surface area contributed by atoms with Crippen LogP contribution >= 0.6 is 0 Å². The third kappa shape index (κ3) is 5.20. The molecule has 1 rings (SSSR count). The molecule has 1 unspecified atom stereocenters. The Morgan fingerprint density at radius 1 is 1.26 bits per heavy atom. The molecule has 1 atom stereocenters. The number of anilines is 1. The van der Waals surface area contributed by atoms with E-state index in [1.54, 1.807) is 12.1 Å². The van der Waals surface area contributed by atoms with E-state index in [-0.39, 0.29) is 10.9 Å². The summed E-state index contributed by atoms with van der Waals surface area (Å²) in [5, 5.41) is 0. The molecule has 0 fully saturated rings. The molecule has 1 aromatic carbocycles. The van der Waals surface area contributed by atoms with Gasteiger partial charge in [-0.2, -0.15) is 0 Å². The number of hydrogen-bond donors (Lipinski definition) is 2. The van der Waals surface area contributed by atoms with Crippen molar-refractivity contribution in [3.63, 3.8) is 0 Å². The summed E-state index contributed by atoms with van der Waals surface area (Å²) in [6.45, 7) is 5.86. The van der Waals surface area contributed by atoms with Crippen LogP contribution in [0.3, 0.4) is 0 Å². The Bertz CT molecular complexity index is 492. The highest BCUT2D eigenvalue weighted by Crippen LogP contribution is 2.17. The normalized spacial score (nSPS) is 13.4. The molecule has 0 bridgehead atoms. The SMILES string of the molecule is CCCCCC(C)NS(=O)(=O)c1cc(C)cc(N)c1. The number of nitrogen functional groups attached to an aromatic ring is 1. The average Bonchev–Trinajstić information content (AvgIpc) is 2.27. The lowest BCUT2D eigenvalue weighted by atomic mass is 10.1. The van der Waals surface area contributed by atoms with Crippen LogP contribution in [0.2, 0.25) is 0 Å². The number of unbranched alkanes of at least 4 members (excludes halogenated alkanes) is 2. The number of rotatable bonds is 7. The van der Waals surface area contributed by atoms with E-state index in [0.29, 0.717) is 5.69 Å². The third-order valence-electron chi connectivity index (χ3n) is 2.98.